The number of para-hydroxylation sites is 1. The van der Waals surface area contributed by atoms with Crippen LogP contribution in [0.1, 0.15) is 31.1 Å². The first kappa shape index (κ1) is 16.8. The van der Waals surface area contributed by atoms with Crippen molar-refractivity contribution in [3.05, 3.63) is 66.0 Å². The Morgan fingerprint density at radius 3 is 2.72 bits per heavy atom. The van der Waals surface area contributed by atoms with Gasteiger partial charge in [0, 0.05) is 30.5 Å². The van der Waals surface area contributed by atoms with Crippen molar-refractivity contribution in [1.29, 1.82) is 0 Å². The minimum atomic E-state index is -0.0616. The van der Waals surface area contributed by atoms with Crippen LogP contribution in [0.4, 0.5) is 5.82 Å². The maximum atomic E-state index is 12.6. The summed E-state index contributed by atoms with van der Waals surface area (Å²) in [5.41, 5.74) is 9.43. The lowest BCUT2D eigenvalue weighted by Crippen LogP contribution is -2.28. The number of nitrogens with two attached hydrogens (primary N) is 1. The number of allylic oxidation sites excluding steroid dienone is 1. The Hall–Kier alpha value is -3.08. The van der Waals surface area contributed by atoms with Gasteiger partial charge in [0.15, 0.2) is 0 Å². The summed E-state index contributed by atoms with van der Waals surface area (Å²) >= 11 is 0. The second-order valence-electron chi connectivity index (χ2n) is 6.24. The van der Waals surface area contributed by atoms with Gasteiger partial charge in [0.1, 0.15) is 5.82 Å². The maximum Gasteiger partial charge on any atom is 0.247 e. The normalized spacial score (nSPS) is 13.0. The van der Waals surface area contributed by atoms with Crippen LogP contribution in [-0.2, 0) is 4.79 Å². The van der Waals surface area contributed by atoms with Crippen LogP contribution < -0.4 is 5.73 Å². The third kappa shape index (κ3) is 3.55. The fourth-order valence-corrected chi connectivity index (χ4v) is 2.73. The molecule has 5 heteroatoms. The molecular weight excluding hydrogens is 312 g/mol. The first-order chi connectivity index (χ1) is 12.0. The number of anilines is 1. The number of H-pyrrole nitrogens is 1. The van der Waals surface area contributed by atoms with E-state index in [1.54, 1.807) is 23.2 Å². The maximum absolute atomic E-state index is 12.6. The minimum absolute atomic E-state index is 0.0551. The van der Waals surface area contributed by atoms with Gasteiger partial charge < -0.3 is 15.6 Å². The summed E-state index contributed by atoms with van der Waals surface area (Å²) in [6.45, 7) is 3.91. The van der Waals surface area contributed by atoms with Crippen molar-refractivity contribution in [2.24, 2.45) is 0 Å². The van der Waals surface area contributed by atoms with Crippen LogP contribution >= 0.6 is 0 Å². The predicted octanol–water partition coefficient (Wildman–Crippen LogP) is 3.77. The van der Waals surface area contributed by atoms with Crippen molar-refractivity contribution in [2.75, 3.05) is 12.8 Å². The lowest BCUT2D eigenvalue weighted by Gasteiger charge is -2.23. The molecule has 0 aliphatic carbocycles. The van der Waals surface area contributed by atoms with Crippen molar-refractivity contribution in [3.63, 3.8) is 0 Å². The standard InChI is InChI=1S/C20H22N4O/c1-13(16-8-9-19(21)22-12-16)10-20(25)24(3)14(2)18-11-15-6-4-5-7-17(15)23-18/h4-12,14,23H,1-3H3,(H2,21,22)/b13-10+. The molecule has 25 heavy (non-hydrogen) atoms. The average molecular weight is 334 g/mol. The zero-order chi connectivity index (χ0) is 18.0. The number of carbonyl (C=O) groups is 1. The Morgan fingerprint density at radius 1 is 1.28 bits per heavy atom. The SMILES string of the molecule is C/C(=C\C(=O)N(C)C(C)c1cc2ccccc2[nH]1)c1ccc(N)nc1. The van der Waals surface area contributed by atoms with E-state index in [1.165, 1.54) is 0 Å². The molecular formula is C20H22N4O. The van der Waals surface area contributed by atoms with E-state index in [9.17, 15) is 4.79 Å². The molecule has 3 rings (SSSR count). The number of nitrogens with one attached hydrogen (secondary N) is 1. The van der Waals surface area contributed by atoms with E-state index in [0.29, 0.717) is 5.82 Å². The third-order valence-electron chi connectivity index (χ3n) is 4.51. The smallest absolute Gasteiger partial charge is 0.247 e. The Labute approximate surface area is 147 Å². The number of aromatic nitrogens is 2. The van der Waals surface area contributed by atoms with Crippen LogP contribution in [0, 0.1) is 0 Å². The van der Waals surface area contributed by atoms with Crippen LogP contribution in [0.2, 0.25) is 0 Å². The molecule has 3 N–H and O–H groups in total. The van der Waals surface area contributed by atoms with Gasteiger partial charge in [-0.3, -0.25) is 4.79 Å². The summed E-state index contributed by atoms with van der Waals surface area (Å²) < 4.78 is 0. The van der Waals surface area contributed by atoms with E-state index in [1.807, 2.05) is 45.2 Å². The van der Waals surface area contributed by atoms with Gasteiger partial charge in [-0.2, -0.15) is 0 Å². The highest BCUT2D eigenvalue weighted by molar-refractivity contribution is 5.95. The molecule has 5 nitrogen and oxygen atoms in total. The molecule has 1 aromatic carbocycles. The number of benzene rings is 1. The van der Waals surface area contributed by atoms with Gasteiger partial charge in [0.05, 0.1) is 6.04 Å². The van der Waals surface area contributed by atoms with Gasteiger partial charge in [-0.1, -0.05) is 18.2 Å². The van der Waals surface area contributed by atoms with Gasteiger partial charge in [-0.15, -0.1) is 0 Å². The molecule has 0 radical (unpaired) electrons. The topological polar surface area (TPSA) is 75.0 Å². The molecule has 2 aromatic heterocycles. The number of carbonyl (C=O) groups excluding carboxylic acids is 1. The summed E-state index contributed by atoms with van der Waals surface area (Å²) in [5, 5.41) is 1.14. The van der Waals surface area contributed by atoms with Crippen LogP contribution in [-0.4, -0.2) is 27.8 Å². The molecule has 0 saturated heterocycles. The van der Waals surface area contributed by atoms with E-state index in [4.69, 9.17) is 5.73 Å². The molecule has 0 bridgehead atoms. The number of nitrogen functional groups attached to an aromatic ring is 1. The number of rotatable bonds is 4. The summed E-state index contributed by atoms with van der Waals surface area (Å²) in [6, 6.07) is 13.7. The van der Waals surface area contributed by atoms with Crippen molar-refractivity contribution in [3.8, 4) is 0 Å². The number of aromatic amines is 1. The Morgan fingerprint density at radius 2 is 2.04 bits per heavy atom. The van der Waals surface area contributed by atoms with Gasteiger partial charge in [0.2, 0.25) is 5.91 Å². The van der Waals surface area contributed by atoms with Crippen molar-refractivity contribution >= 4 is 28.2 Å². The van der Waals surface area contributed by atoms with Gasteiger partial charge >= 0.3 is 0 Å². The molecule has 1 amide bonds. The van der Waals surface area contributed by atoms with E-state index < -0.39 is 0 Å². The van der Waals surface area contributed by atoms with Gasteiger partial charge in [-0.05, 0) is 54.6 Å². The van der Waals surface area contributed by atoms with Crippen LogP contribution in [0.5, 0.6) is 0 Å². The summed E-state index contributed by atoms with van der Waals surface area (Å²) in [5.74, 6) is 0.410. The first-order valence-corrected chi connectivity index (χ1v) is 8.20. The molecule has 0 saturated carbocycles. The number of amides is 1. The molecule has 1 atom stereocenters. The van der Waals surface area contributed by atoms with E-state index in [2.05, 4.69) is 22.1 Å². The zero-order valence-corrected chi connectivity index (χ0v) is 14.7. The molecule has 128 valence electrons. The van der Waals surface area contributed by atoms with E-state index >= 15 is 0 Å². The predicted molar refractivity (Wildman–Crippen MR) is 102 cm³/mol. The molecule has 1 unspecified atom stereocenters. The summed E-state index contributed by atoms with van der Waals surface area (Å²) in [6.07, 6.45) is 3.31. The van der Waals surface area contributed by atoms with Crippen molar-refractivity contribution in [2.45, 2.75) is 19.9 Å². The second-order valence-corrected chi connectivity index (χ2v) is 6.24. The molecule has 0 spiro atoms. The van der Waals surface area contributed by atoms with Crippen LogP contribution in [0.25, 0.3) is 16.5 Å². The quantitative estimate of drug-likeness (QED) is 0.713. The van der Waals surface area contributed by atoms with Gasteiger partial charge in [0.25, 0.3) is 0 Å². The highest BCUT2D eigenvalue weighted by atomic mass is 16.2. The number of hydrogen-bond acceptors (Lipinski definition) is 3. The van der Waals surface area contributed by atoms with Gasteiger partial charge in [-0.25, -0.2) is 4.98 Å². The molecule has 0 aliphatic rings. The Bertz CT molecular complexity index is 891. The summed E-state index contributed by atoms with van der Waals surface area (Å²) in [7, 11) is 1.81. The van der Waals surface area contributed by atoms with Crippen molar-refractivity contribution < 1.29 is 4.79 Å². The summed E-state index contributed by atoms with van der Waals surface area (Å²) in [4.78, 5) is 21.8. The number of likely N-dealkylation sites (N-methyl/N-ethyl adjacent to an activating group) is 1. The lowest BCUT2D eigenvalue weighted by molar-refractivity contribution is -0.126. The van der Waals surface area contributed by atoms with Crippen LogP contribution in [0.15, 0.2) is 54.7 Å². The third-order valence-corrected chi connectivity index (χ3v) is 4.51. The van der Waals surface area contributed by atoms with Crippen molar-refractivity contribution in [1.82, 2.24) is 14.9 Å². The highest BCUT2D eigenvalue weighted by Crippen LogP contribution is 2.24. The Kier molecular flexibility index (Phi) is 4.57. The minimum Gasteiger partial charge on any atom is -0.384 e. The lowest BCUT2D eigenvalue weighted by atomic mass is 10.1. The largest absolute Gasteiger partial charge is 0.384 e. The average Bonchev–Trinajstić information content (AvgIpc) is 3.05. The number of pyridine rings is 1. The monoisotopic (exact) mass is 334 g/mol. The molecule has 2 heterocycles. The number of fused-ring (bicyclic) bond motifs is 1. The van der Waals surface area contributed by atoms with Crippen LogP contribution in [0.3, 0.4) is 0 Å². The second kappa shape index (κ2) is 6.81. The molecule has 3 aromatic rings. The molecule has 0 aliphatic heterocycles. The zero-order valence-electron chi connectivity index (χ0n) is 14.7. The van der Waals surface area contributed by atoms with E-state index in [-0.39, 0.29) is 11.9 Å². The fourth-order valence-electron chi connectivity index (χ4n) is 2.73. The van der Waals surface area contributed by atoms with E-state index in [0.717, 1.165) is 27.7 Å². The highest BCUT2D eigenvalue weighted by Gasteiger charge is 2.18. The number of nitrogens with zero attached hydrogens (tertiary/aromatic N) is 2. The number of hydrogen-bond donors (Lipinski definition) is 2. The molecule has 0 fully saturated rings. The first-order valence-electron chi connectivity index (χ1n) is 8.20. The fraction of sp³-hybridized carbons (Fsp3) is 0.200. The Balaban J connectivity index is 1.78.